The predicted octanol–water partition coefficient (Wildman–Crippen LogP) is 2.51. The second-order valence-electron chi connectivity index (χ2n) is 2.81. The maximum atomic E-state index is 5.51. The van der Waals surface area contributed by atoms with Gasteiger partial charge in [-0.05, 0) is 42.6 Å². The summed E-state index contributed by atoms with van der Waals surface area (Å²) in [5.74, 6) is 0. The number of hydrogen-bond acceptors (Lipinski definition) is 1. The second-order valence-corrected chi connectivity index (χ2v) is 3.72. The summed E-state index contributed by atoms with van der Waals surface area (Å²) in [5.41, 5.74) is 8.29. The van der Waals surface area contributed by atoms with Gasteiger partial charge in [-0.15, -0.1) is 0 Å². The van der Waals surface area contributed by atoms with Crippen LogP contribution in [0.25, 0.3) is 0 Å². The van der Waals surface area contributed by atoms with Crippen LogP contribution in [0.15, 0.2) is 22.7 Å². The van der Waals surface area contributed by atoms with Crippen LogP contribution < -0.4 is 5.73 Å². The molecule has 0 amide bonds. The van der Waals surface area contributed by atoms with Crippen LogP contribution in [0.5, 0.6) is 0 Å². The molecule has 0 aliphatic rings. The van der Waals surface area contributed by atoms with Crippen molar-refractivity contribution in [2.24, 2.45) is 5.73 Å². The van der Waals surface area contributed by atoms with Crippen LogP contribution in [0.2, 0.25) is 0 Å². The topological polar surface area (TPSA) is 26.0 Å². The molecule has 0 saturated carbocycles. The molecule has 0 spiro atoms. The van der Waals surface area contributed by atoms with E-state index >= 15 is 0 Å². The van der Waals surface area contributed by atoms with Gasteiger partial charge in [-0.2, -0.15) is 0 Å². The maximum absolute atomic E-state index is 5.51. The third-order valence-corrected chi connectivity index (χ3v) is 2.46. The van der Waals surface area contributed by atoms with E-state index in [-0.39, 0.29) is 0 Å². The molecular formula is C10H14BrN. The average Bonchev–Trinajstić information content (AvgIpc) is 2.08. The van der Waals surface area contributed by atoms with Crippen LogP contribution in [0.3, 0.4) is 0 Å². The minimum Gasteiger partial charge on any atom is -0.330 e. The van der Waals surface area contributed by atoms with Gasteiger partial charge in [-0.3, -0.25) is 0 Å². The van der Waals surface area contributed by atoms with Gasteiger partial charge in [0.25, 0.3) is 0 Å². The van der Waals surface area contributed by atoms with Crippen LogP contribution in [-0.2, 0) is 12.8 Å². The van der Waals surface area contributed by atoms with E-state index < -0.39 is 0 Å². The third-order valence-electron chi connectivity index (χ3n) is 1.96. The lowest BCUT2D eigenvalue weighted by Gasteiger charge is -2.06. The van der Waals surface area contributed by atoms with Gasteiger partial charge >= 0.3 is 0 Å². The van der Waals surface area contributed by atoms with Gasteiger partial charge in [0.05, 0.1) is 0 Å². The Kier molecular flexibility index (Phi) is 3.76. The van der Waals surface area contributed by atoms with Crippen molar-refractivity contribution in [3.8, 4) is 0 Å². The lowest BCUT2D eigenvalue weighted by atomic mass is 10.0. The average molecular weight is 228 g/mol. The van der Waals surface area contributed by atoms with Crippen molar-refractivity contribution in [1.82, 2.24) is 0 Å². The highest BCUT2D eigenvalue weighted by molar-refractivity contribution is 9.10. The summed E-state index contributed by atoms with van der Waals surface area (Å²) in [6, 6.07) is 6.39. The van der Waals surface area contributed by atoms with Crippen molar-refractivity contribution in [3.63, 3.8) is 0 Å². The fourth-order valence-corrected chi connectivity index (χ4v) is 1.73. The zero-order valence-electron chi connectivity index (χ0n) is 7.31. The first-order chi connectivity index (χ1) is 5.77. The van der Waals surface area contributed by atoms with Crippen LogP contribution in [0, 0.1) is 0 Å². The van der Waals surface area contributed by atoms with Crippen molar-refractivity contribution in [2.45, 2.75) is 19.8 Å². The fraction of sp³-hybridized carbons (Fsp3) is 0.400. The Morgan fingerprint density at radius 3 is 2.67 bits per heavy atom. The highest BCUT2D eigenvalue weighted by Gasteiger charge is 1.99. The Morgan fingerprint density at radius 2 is 2.08 bits per heavy atom. The summed E-state index contributed by atoms with van der Waals surface area (Å²) in [7, 11) is 0. The summed E-state index contributed by atoms with van der Waals surface area (Å²) in [6.45, 7) is 2.90. The molecule has 1 nitrogen and oxygen atoms in total. The lowest BCUT2D eigenvalue weighted by molar-refractivity contribution is 0.938. The molecule has 0 atom stereocenters. The Hall–Kier alpha value is -0.340. The van der Waals surface area contributed by atoms with E-state index in [2.05, 4.69) is 41.1 Å². The molecule has 0 unspecified atom stereocenters. The molecule has 2 heteroatoms. The standard InChI is InChI=1S/C10H14BrN/c1-2-8-7-10(11)4-3-9(8)5-6-12/h3-4,7H,2,5-6,12H2,1H3. The summed E-state index contributed by atoms with van der Waals surface area (Å²) >= 11 is 3.46. The molecule has 0 saturated heterocycles. The van der Waals surface area contributed by atoms with Gasteiger partial charge in [0.15, 0.2) is 0 Å². The van der Waals surface area contributed by atoms with E-state index in [0.29, 0.717) is 0 Å². The van der Waals surface area contributed by atoms with Crippen LogP contribution in [0.1, 0.15) is 18.1 Å². The molecule has 0 aliphatic heterocycles. The fourth-order valence-electron chi connectivity index (χ4n) is 1.32. The van der Waals surface area contributed by atoms with Gasteiger partial charge in [0.1, 0.15) is 0 Å². The zero-order valence-corrected chi connectivity index (χ0v) is 8.89. The number of nitrogens with two attached hydrogens (primary N) is 1. The van der Waals surface area contributed by atoms with Crippen molar-refractivity contribution in [3.05, 3.63) is 33.8 Å². The number of rotatable bonds is 3. The highest BCUT2D eigenvalue weighted by atomic mass is 79.9. The normalized spacial score (nSPS) is 10.2. The monoisotopic (exact) mass is 227 g/mol. The molecule has 0 fully saturated rings. The Bertz CT molecular complexity index is 258. The number of benzene rings is 1. The molecule has 1 aromatic rings. The highest BCUT2D eigenvalue weighted by Crippen LogP contribution is 2.17. The van der Waals surface area contributed by atoms with Crippen molar-refractivity contribution in [1.29, 1.82) is 0 Å². The number of aryl methyl sites for hydroxylation is 1. The van der Waals surface area contributed by atoms with Crippen LogP contribution in [0.4, 0.5) is 0 Å². The van der Waals surface area contributed by atoms with Crippen molar-refractivity contribution < 1.29 is 0 Å². The summed E-state index contributed by atoms with van der Waals surface area (Å²) in [4.78, 5) is 0. The Labute approximate surface area is 82.1 Å². The molecule has 66 valence electrons. The van der Waals surface area contributed by atoms with Gasteiger partial charge in [0, 0.05) is 4.47 Å². The molecule has 0 aliphatic carbocycles. The van der Waals surface area contributed by atoms with E-state index in [9.17, 15) is 0 Å². The minimum absolute atomic E-state index is 0.731. The largest absolute Gasteiger partial charge is 0.330 e. The van der Waals surface area contributed by atoms with Crippen LogP contribution >= 0.6 is 15.9 Å². The molecule has 1 aromatic carbocycles. The molecule has 0 bridgehead atoms. The first-order valence-corrected chi connectivity index (χ1v) is 5.04. The lowest BCUT2D eigenvalue weighted by Crippen LogP contribution is -2.04. The Morgan fingerprint density at radius 1 is 1.33 bits per heavy atom. The quantitative estimate of drug-likeness (QED) is 0.845. The van der Waals surface area contributed by atoms with E-state index in [4.69, 9.17) is 5.73 Å². The first-order valence-electron chi connectivity index (χ1n) is 4.25. The minimum atomic E-state index is 0.731. The molecule has 0 aromatic heterocycles. The van der Waals surface area contributed by atoms with E-state index in [0.717, 1.165) is 23.9 Å². The summed E-state index contributed by atoms with van der Waals surface area (Å²) < 4.78 is 1.15. The Balaban J connectivity index is 2.94. The van der Waals surface area contributed by atoms with Gasteiger partial charge in [-0.1, -0.05) is 28.9 Å². The first kappa shape index (κ1) is 9.75. The van der Waals surface area contributed by atoms with Gasteiger partial charge < -0.3 is 5.73 Å². The molecule has 2 N–H and O–H groups in total. The van der Waals surface area contributed by atoms with Crippen LogP contribution in [-0.4, -0.2) is 6.54 Å². The summed E-state index contributed by atoms with van der Waals surface area (Å²) in [5, 5.41) is 0. The smallest absolute Gasteiger partial charge is 0.0178 e. The SMILES string of the molecule is CCc1cc(Br)ccc1CCN. The van der Waals surface area contributed by atoms with Gasteiger partial charge in [0.2, 0.25) is 0 Å². The van der Waals surface area contributed by atoms with Gasteiger partial charge in [-0.25, -0.2) is 0 Å². The molecule has 0 heterocycles. The second kappa shape index (κ2) is 4.63. The molecule has 1 rings (SSSR count). The zero-order chi connectivity index (χ0) is 8.97. The molecule has 0 radical (unpaired) electrons. The number of halogens is 1. The van der Waals surface area contributed by atoms with Crippen molar-refractivity contribution >= 4 is 15.9 Å². The molecule has 12 heavy (non-hydrogen) atoms. The predicted molar refractivity (Wildman–Crippen MR) is 56.3 cm³/mol. The van der Waals surface area contributed by atoms with E-state index in [1.807, 2.05) is 0 Å². The third kappa shape index (κ3) is 2.32. The van der Waals surface area contributed by atoms with Crippen molar-refractivity contribution in [2.75, 3.05) is 6.54 Å². The summed E-state index contributed by atoms with van der Waals surface area (Å²) in [6.07, 6.45) is 2.06. The van der Waals surface area contributed by atoms with E-state index in [1.54, 1.807) is 0 Å². The number of hydrogen-bond donors (Lipinski definition) is 1. The maximum Gasteiger partial charge on any atom is 0.0178 e. The van der Waals surface area contributed by atoms with E-state index in [1.165, 1.54) is 11.1 Å². The molecular weight excluding hydrogens is 214 g/mol.